The number of carbonyl (C=O) groups is 1. The summed E-state index contributed by atoms with van der Waals surface area (Å²) in [5.41, 5.74) is 4.42. The second-order valence-electron chi connectivity index (χ2n) is 12.6. The molecular weight excluding hydrogens is 554 g/mol. The zero-order chi connectivity index (χ0) is 29.1. The first-order valence-corrected chi connectivity index (χ1v) is 16.2. The summed E-state index contributed by atoms with van der Waals surface area (Å²) < 4.78 is 26.7. The maximum absolute atomic E-state index is 12.5. The summed E-state index contributed by atoms with van der Waals surface area (Å²) in [6.07, 6.45) is 9.60. The molecular formula is C30H37N7O4S. The third kappa shape index (κ3) is 5.06. The number of fused-ring (bicyclic) bond motifs is 3. The van der Waals surface area contributed by atoms with Crippen LogP contribution in [0.4, 0.5) is 16.2 Å². The first kappa shape index (κ1) is 27.4. The molecule has 4 unspecified atom stereocenters. The maximum Gasteiger partial charge on any atom is 0.320 e. The van der Waals surface area contributed by atoms with Crippen LogP contribution in [0.1, 0.15) is 50.1 Å². The summed E-state index contributed by atoms with van der Waals surface area (Å²) in [7, 11) is -3.85. The van der Waals surface area contributed by atoms with Gasteiger partial charge in [0.05, 0.1) is 37.0 Å². The van der Waals surface area contributed by atoms with Gasteiger partial charge in [-0.1, -0.05) is 24.3 Å². The Morgan fingerprint density at radius 2 is 1.79 bits per heavy atom. The van der Waals surface area contributed by atoms with Crippen molar-refractivity contribution in [2.45, 2.75) is 56.7 Å². The lowest BCUT2D eigenvalue weighted by atomic mass is 9.46. The molecule has 2 amide bonds. The summed E-state index contributed by atoms with van der Waals surface area (Å²) in [5.74, 6) is 1.61. The van der Waals surface area contributed by atoms with Crippen molar-refractivity contribution in [1.29, 1.82) is 0 Å². The third-order valence-electron chi connectivity index (χ3n) is 10.1. The van der Waals surface area contributed by atoms with Crippen LogP contribution in [0, 0.1) is 23.2 Å². The number of carbonyl (C=O) groups excluding carboxylic acids is 1. The van der Waals surface area contributed by atoms with Crippen molar-refractivity contribution >= 4 is 27.6 Å². The van der Waals surface area contributed by atoms with Crippen LogP contribution in [-0.4, -0.2) is 47.9 Å². The molecule has 4 bridgehead atoms. The molecule has 5 aliphatic rings. The molecule has 42 heavy (non-hydrogen) atoms. The van der Waals surface area contributed by atoms with Gasteiger partial charge in [-0.3, -0.25) is 10.0 Å². The Labute approximate surface area is 245 Å². The van der Waals surface area contributed by atoms with Gasteiger partial charge in [0.1, 0.15) is 0 Å². The van der Waals surface area contributed by atoms with E-state index in [4.69, 9.17) is 5.14 Å². The number of aliphatic hydroxyl groups excluding tert-OH is 1. The second-order valence-corrected chi connectivity index (χ2v) is 13.9. The number of amides is 2. The Bertz CT molecular complexity index is 1570. The minimum atomic E-state index is -3.85. The topological polar surface area (TPSA) is 163 Å². The van der Waals surface area contributed by atoms with E-state index in [1.165, 1.54) is 36.1 Å². The Kier molecular flexibility index (Phi) is 6.76. The van der Waals surface area contributed by atoms with Gasteiger partial charge in [-0.2, -0.15) is 8.42 Å². The molecule has 2 aromatic carbocycles. The zero-order valence-corrected chi connectivity index (χ0v) is 24.1. The van der Waals surface area contributed by atoms with Crippen LogP contribution in [0.25, 0.3) is 11.3 Å². The van der Waals surface area contributed by atoms with E-state index in [2.05, 4.69) is 54.5 Å². The number of hydrogen-bond acceptors (Lipinski definition) is 6. The van der Waals surface area contributed by atoms with Gasteiger partial charge in [0.15, 0.2) is 0 Å². The molecule has 2 heterocycles. The molecule has 1 aromatic heterocycles. The lowest BCUT2D eigenvalue weighted by Crippen LogP contribution is -2.62. The van der Waals surface area contributed by atoms with Crippen molar-refractivity contribution < 1.29 is 18.3 Å². The quantitative estimate of drug-likeness (QED) is 0.209. The van der Waals surface area contributed by atoms with E-state index in [0.29, 0.717) is 48.3 Å². The molecule has 8 rings (SSSR count). The number of anilines is 2. The number of urea groups is 1. The number of nitrogens with zero attached hydrogens (tertiary/aromatic N) is 2. The van der Waals surface area contributed by atoms with Crippen molar-refractivity contribution in [3.63, 3.8) is 0 Å². The molecule has 0 saturated heterocycles. The second kappa shape index (κ2) is 10.4. The van der Waals surface area contributed by atoms with Gasteiger partial charge in [0.2, 0.25) is 0 Å². The first-order valence-electron chi connectivity index (χ1n) is 14.7. The fourth-order valence-corrected chi connectivity index (χ4v) is 9.14. The fraction of sp³-hybridized carbons (Fsp3) is 0.467. The molecule has 4 saturated carbocycles. The normalized spacial score (nSPS) is 29.5. The van der Waals surface area contributed by atoms with Crippen LogP contribution >= 0.6 is 0 Å². The van der Waals surface area contributed by atoms with Crippen molar-refractivity contribution in [2.24, 2.45) is 28.3 Å². The lowest BCUT2D eigenvalue weighted by Gasteiger charge is -2.61. The molecule has 4 aliphatic carbocycles. The molecule has 4 atom stereocenters. The Morgan fingerprint density at radius 1 is 1.07 bits per heavy atom. The van der Waals surface area contributed by atoms with E-state index >= 15 is 0 Å². The summed E-state index contributed by atoms with van der Waals surface area (Å²) in [4.78, 5) is 16.9. The average molecular weight is 592 g/mol. The number of hydrogen-bond donors (Lipinski definition) is 6. The largest absolute Gasteiger partial charge is 0.392 e. The SMILES string of the molecule is NS(=O)(=O)Nc1ccc(NC(=O)NCNC2C3CC4CC2CC(C(O)CC2c5ccccc5-c5cncn52)(C4)C3)cc1. The van der Waals surface area contributed by atoms with Gasteiger partial charge >= 0.3 is 6.03 Å². The van der Waals surface area contributed by atoms with Crippen LogP contribution < -0.4 is 25.8 Å². The highest BCUT2D eigenvalue weighted by Gasteiger charge is 2.58. The molecule has 11 nitrogen and oxygen atoms in total. The summed E-state index contributed by atoms with van der Waals surface area (Å²) in [6, 6.07) is 14.8. The van der Waals surface area contributed by atoms with Crippen LogP contribution in [-0.2, 0) is 10.2 Å². The highest BCUT2D eigenvalue weighted by Crippen LogP contribution is 2.62. The predicted molar refractivity (Wildman–Crippen MR) is 160 cm³/mol. The number of aromatic nitrogens is 2. The van der Waals surface area contributed by atoms with Gasteiger partial charge in [-0.15, -0.1) is 0 Å². The van der Waals surface area contributed by atoms with Gasteiger partial charge < -0.3 is 20.3 Å². The van der Waals surface area contributed by atoms with Gasteiger partial charge in [-0.25, -0.2) is 14.9 Å². The minimum Gasteiger partial charge on any atom is -0.392 e. The van der Waals surface area contributed by atoms with E-state index in [9.17, 15) is 18.3 Å². The smallest absolute Gasteiger partial charge is 0.320 e. The molecule has 12 heteroatoms. The van der Waals surface area contributed by atoms with Gasteiger partial charge in [0, 0.05) is 23.0 Å². The third-order valence-corrected chi connectivity index (χ3v) is 10.6. The molecule has 3 aromatic rings. The Balaban J connectivity index is 0.949. The Hall–Kier alpha value is -3.45. The van der Waals surface area contributed by atoms with Crippen molar-refractivity contribution in [2.75, 3.05) is 16.7 Å². The minimum absolute atomic E-state index is 0.0536. The molecule has 7 N–H and O–H groups in total. The van der Waals surface area contributed by atoms with Crippen LogP contribution in [0.15, 0.2) is 61.1 Å². The first-order chi connectivity index (χ1) is 20.2. The summed E-state index contributed by atoms with van der Waals surface area (Å²) in [6.45, 7) is 0.344. The fourth-order valence-electron chi connectivity index (χ4n) is 8.67. The van der Waals surface area contributed by atoms with Crippen molar-refractivity contribution in [1.82, 2.24) is 20.2 Å². The number of benzene rings is 2. The van der Waals surface area contributed by atoms with E-state index in [1.54, 1.807) is 12.1 Å². The molecule has 0 spiro atoms. The van der Waals surface area contributed by atoms with Gasteiger partial charge in [0.25, 0.3) is 10.2 Å². The van der Waals surface area contributed by atoms with Crippen molar-refractivity contribution in [3.05, 3.63) is 66.6 Å². The van der Waals surface area contributed by atoms with Crippen LogP contribution in [0.2, 0.25) is 0 Å². The maximum atomic E-state index is 12.5. The molecule has 222 valence electrons. The number of rotatable bonds is 9. The highest BCUT2D eigenvalue weighted by molar-refractivity contribution is 7.90. The average Bonchev–Trinajstić information content (AvgIpc) is 3.53. The zero-order valence-electron chi connectivity index (χ0n) is 23.2. The predicted octanol–water partition coefficient (Wildman–Crippen LogP) is 3.38. The standard InChI is InChI=1S/C30H37N7O4S/c31-42(40,41)36-22-7-5-21(6-8-22)35-29(39)34-16-33-28-19-9-18-10-20(28)14-30(12-18,13-19)27(38)11-25-23-3-1-2-4-24(23)26-15-32-17-37(25)26/h1-8,15,17-20,25,27-28,33,36,38H,9-14,16H2,(H2,31,40,41)(H2,34,35,39). The van der Waals surface area contributed by atoms with E-state index in [-0.39, 0.29) is 23.6 Å². The van der Waals surface area contributed by atoms with Crippen molar-refractivity contribution in [3.8, 4) is 11.3 Å². The Morgan fingerprint density at radius 3 is 2.52 bits per heavy atom. The molecule has 4 fully saturated rings. The van der Waals surface area contributed by atoms with E-state index in [1.807, 2.05) is 12.5 Å². The highest BCUT2D eigenvalue weighted by atomic mass is 32.2. The monoisotopic (exact) mass is 591 g/mol. The number of nitrogens with one attached hydrogen (secondary N) is 4. The number of nitrogens with two attached hydrogens (primary N) is 1. The summed E-state index contributed by atoms with van der Waals surface area (Å²) >= 11 is 0. The van der Waals surface area contributed by atoms with Gasteiger partial charge in [-0.05, 0) is 91.5 Å². The van der Waals surface area contributed by atoms with Crippen LogP contribution in [0.5, 0.6) is 0 Å². The number of imidazole rings is 1. The molecule has 0 radical (unpaired) electrons. The summed E-state index contributed by atoms with van der Waals surface area (Å²) in [5, 5.41) is 26.1. The van der Waals surface area contributed by atoms with E-state index in [0.717, 1.165) is 25.0 Å². The van der Waals surface area contributed by atoms with E-state index < -0.39 is 10.2 Å². The number of aliphatic hydroxyl groups is 1. The lowest BCUT2D eigenvalue weighted by molar-refractivity contribution is -0.137. The molecule has 1 aliphatic heterocycles. The van der Waals surface area contributed by atoms with Crippen LogP contribution in [0.3, 0.4) is 0 Å².